The van der Waals surface area contributed by atoms with Gasteiger partial charge in [-0.25, -0.2) is 0 Å². The second-order valence-electron chi connectivity index (χ2n) is 8.11. The monoisotopic (exact) mass is 481 g/mol. The fourth-order valence-electron chi connectivity index (χ4n) is 3.45. The largest absolute Gasteiger partial charge is 0.388 e. The maximum absolute atomic E-state index is 10.9. The molecule has 3 aromatic rings. The second kappa shape index (κ2) is 15.4. The van der Waals surface area contributed by atoms with E-state index in [0.717, 1.165) is 16.7 Å². The highest BCUT2D eigenvalue weighted by Gasteiger charge is 2.32. The van der Waals surface area contributed by atoms with Gasteiger partial charge in [0, 0.05) is 7.11 Å². The topological polar surface area (TPSA) is 92.4 Å². The van der Waals surface area contributed by atoms with Gasteiger partial charge in [0.05, 0.1) is 33.0 Å². The minimum absolute atomic E-state index is 0.0390. The summed E-state index contributed by atoms with van der Waals surface area (Å²) >= 11 is 0. The molecule has 0 saturated carbocycles. The molecule has 7 heteroatoms. The molecule has 35 heavy (non-hydrogen) atoms. The molecular weight excluding hydrogens is 446 g/mol. The van der Waals surface area contributed by atoms with Crippen LogP contribution in [0.3, 0.4) is 0 Å². The van der Waals surface area contributed by atoms with Gasteiger partial charge in [-0.15, -0.1) is 0 Å². The first-order valence-electron chi connectivity index (χ1n) is 11.7. The predicted molar refractivity (Wildman–Crippen MR) is 133 cm³/mol. The molecule has 3 N–H and O–H groups in total. The van der Waals surface area contributed by atoms with Crippen LogP contribution in [0.2, 0.25) is 0 Å². The molecule has 0 heterocycles. The zero-order valence-electron chi connectivity index (χ0n) is 20.1. The average molecular weight is 482 g/mol. The summed E-state index contributed by atoms with van der Waals surface area (Å²) in [5.74, 6) is 0. The molecule has 0 saturated heterocycles. The van der Waals surface area contributed by atoms with Crippen molar-refractivity contribution in [2.45, 2.75) is 44.5 Å². The highest BCUT2D eigenvalue weighted by atomic mass is 16.7. The van der Waals surface area contributed by atoms with Crippen LogP contribution in [0.4, 0.5) is 0 Å². The number of nitrogens with two attached hydrogens (primary N) is 1. The van der Waals surface area contributed by atoms with Gasteiger partial charge in [-0.3, -0.25) is 0 Å². The molecule has 0 aliphatic carbocycles. The van der Waals surface area contributed by atoms with Crippen molar-refractivity contribution in [1.29, 1.82) is 0 Å². The van der Waals surface area contributed by atoms with Crippen LogP contribution in [0.1, 0.15) is 16.7 Å². The van der Waals surface area contributed by atoms with Gasteiger partial charge in [0.15, 0.2) is 6.29 Å². The third-order valence-electron chi connectivity index (χ3n) is 5.27. The van der Waals surface area contributed by atoms with Crippen LogP contribution in [-0.2, 0) is 43.5 Å². The second-order valence-corrected chi connectivity index (χ2v) is 8.11. The summed E-state index contributed by atoms with van der Waals surface area (Å²) in [6.07, 6.45) is -3.55. The van der Waals surface area contributed by atoms with Crippen molar-refractivity contribution < 1.29 is 28.8 Å². The third kappa shape index (κ3) is 9.87. The van der Waals surface area contributed by atoms with E-state index in [1.54, 1.807) is 0 Å². The van der Waals surface area contributed by atoms with Gasteiger partial charge in [-0.1, -0.05) is 91.0 Å². The minimum Gasteiger partial charge on any atom is -0.388 e. The van der Waals surface area contributed by atoms with Crippen LogP contribution in [-0.4, -0.2) is 50.2 Å². The Morgan fingerprint density at radius 3 is 1.63 bits per heavy atom. The van der Waals surface area contributed by atoms with E-state index < -0.39 is 24.7 Å². The van der Waals surface area contributed by atoms with Gasteiger partial charge in [-0.2, -0.15) is 0 Å². The van der Waals surface area contributed by atoms with Gasteiger partial charge < -0.3 is 34.5 Å². The van der Waals surface area contributed by atoms with Crippen LogP contribution < -0.4 is 5.73 Å². The summed E-state index contributed by atoms with van der Waals surface area (Å²) < 4.78 is 28.8. The van der Waals surface area contributed by atoms with Gasteiger partial charge in [0.25, 0.3) is 0 Å². The van der Waals surface area contributed by atoms with Crippen molar-refractivity contribution in [1.82, 2.24) is 0 Å². The lowest BCUT2D eigenvalue weighted by Gasteiger charge is -2.31. The maximum atomic E-state index is 10.9. The van der Waals surface area contributed by atoms with E-state index in [1.165, 1.54) is 7.11 Å². The van der Waals surface area contributed by atoms with E-state index >= 15 is 0 Å². The van der Waals surface area contributed by atoms with Crippen LogP contribution in [0.5, 0.6) is 0 Å². The van der Waals surface area contributed by atoms with Crippen LogP contribution in [0.25, 0.3) is 0 Å². The highest BCUT2D eigenvalue weighted by molar-refractivity contribution is 5.14. The SMILES string of the molecule is COC(OC(N)COCc1ccccc1)C(OCc1ccccc1)[C@H](O)COCc1ccccc1. The Hall–Kier alpha value is -2.62. The molecule has 0 bridgehead atoms. The third-order valence-corrected chi connectivity index (χ3v) is 5.27. The first-order valence-corrected chi connectivity index (χ1v) is 11.7. The zero-order chi connectivity index (χ0) is 24.7. The Kier molecular flexibility index (Phi) is 11.9. The minimum atomic E-state index is -1.01. The number of aliphatic hydroxyl groups excluding tert-OH is 1. The van der Waals surface area contributed by atoms with E-state index in [-0.39, 0.29) is 19.8 Å². The Morgan fingerprint density at radius 1 is 0.686 bits per heavy atom. The first kappa shape index (κ1) is 27.0. The first-order chi connectivity index (χ1) is 17.2. The van der Waals surface area contributed by atoms with Gasteiger partial charge in [0.1, 0.15) is 18.4 Å². The van der Waals surface area contributed by atoms with Gasteiger partial charge in [0.2, 0.25) is 0 Å². The van der Waals surface area contributed by atoms with Crippen molar-refractivity contribution in [3.8, 4) is 0 Å². The van der Waals surface area contributed by atoms with Crippen LogP contribution in [0, 0.1) is 0 Å². The molecule has 0 spiro atoms. The van der Waals surface area contributed by atoms with Crippen molar-refractivity contribution in [3.63, 3.8) is 0 Å². The molecular formula is C28H35NO6. The summed E-state index contributed by atoms with van der Waals surface area (Å²) in [6.45, 7) is 1.25. The molecule has 3 unspecified atom stereocenters. The summed E-state index contributed by atoms with van der Waals surface area (Å²) in [6, 6.07) is 29.2. The van der Waals surface area contributed by atoms with Crippen LogP contribution >= 0.6 is 0 Å². The predicted octanol–water partition coefficient (Wildman–Crippen LogP) is 3.64. The van der Waals surface area contributed by atoms with E-state index in [0.29, 0.717) is 13.2 Å². The molecule has 0 aliphatic rings. The lowest BCUT2D eigenvalue weighted by molar-refractivity contribution is -0.248. The molecule has 4 atom stereocenters. The number of hydrogen-bond donors (Lipinski definition) is 2. The maximum Gasteiger partial charge on any atom is 0.188 e. The molecule has 0 radical (unpaired) electrons. The Labute approximate surface area is 207 Å². The Morgan fingerprint density at radius 2 is 1.14 bits per heavy atom. The van der Waals surface area contributed by atoms with Crippen molar-refractivity contribution >= 4 is 0 Å². The molecule has 0 aromatic heterocycles. The summed E-state index contributed by atoms with van der Waals surface area (Å²) in [5.41, 5.74) is 9.15. The van der Waals surface area contributed by atoms with Crippen molar-refractivity contribution in [2.75, 3.05) is 20.3 Å². The standard InChI is InChI=1S/C28H35NO6/c1-31-28(35-26(29)21-33-18-23-13-7-3-8-14-23)27(34-19-24-15-9-4-10-16-24)25(30)20-32-17-22-11-5-2-6-12-22/h2-16,25-28,30H,17-21,29H2,1H3/t25-,26?,27?,28?/m1/s1. The molecule has 7 nitrogen and oxygen atoms in total. The fraction of sp³-hybridized carbons (Fsp3) is 0.357. The fourth-order valence-corrected chi connectivity index (χ4v) is 3.45. The van der Waals surface area contributed by atoms with E-state index in [1.807, 2.05) is 91.0 Å². The molecule has 0 fully saturated rings. The summed E-state index contributed by atoms with van der Waals surface area (Å²) in [7, 11) is 1.48. The number of methoxy groups -OCH3 is 1. The van der Waals surface area contributed by atoms with Crippen LogP contribution in [0.15, 0.2) is 91.0 Å². The Bertz CT molecular complexity index is 928. The molecule has 3 rings (SSSR count). The van der Waals surface area contributed by atoms with E-state index in [9.17, 15) is 5.11 Å². The summed E-state index contributed by atoms with van der Waals surface area (Å²) in [4.78, 5) is 0. The average Bonchev–Trinajstić information content (AvgIpc) is 2.90. The van der Waals surface area contributed by atoms with Crippen molar-refractivity contribution in [2.24, 2.45) is 5.73 Å². The summed E-state index contributed by atoms with van der Waals surface area (Å²) in [5, 5.41) is 10.9. The number of aliphatic hydroxyl groups is 1. The van der Waals surface area contributed by atoms with Gasteiger partial charge >= 0.3 is 0 Å². The molecule has 0 amide bonds. The molecule has 3 aromatic carbocycles. The van der Waals surface area contributed by atoms with E-state index in [2.05, 4.69) is 0 Å². The number of ether oxygens (including phenoxy) is 5. The van der Waals surface area contributed by atoms with Gasteiger partial charge in [-0.05, 0) is 16.7 Å². The number of rotatable bonds is 16. The molecule has 0 aliphatic heterocycles. The Balaban J connectivity index is 1.55. The quantitative estimate of drug-likeness (QED) is 0.302. The highest BCUT2D eigenvalue weighted by Crippen LogP contribution is 2.16. The number of benzene rings is 3. The van der Waals surface area contributed by atoms with E-state index in [4.69, 9.17) is 29.4 Å². The molecule has 188 valence electrons. The zero-order valence-corrected chi connectivity index (χ0v) is 20.1. The number of hydrogen-bond acceptors (Lipinski definition) is 7. The lowest BCUT2D eigenvalue weighted by Crippen LogP contribution is -2.48. The smallest absolute Gasteiger partial charge is 0.188 e. The van der Waals surface area contributed by atoms with Crippen molar-refractivity contribution in [3.05, 3.63) is 108 Å². The lowest BCUT2D eigenvalue weighted by atomic mass is 10.2. The normalized spacial score (nSPS) is 14.8.